The maximum atomic E-state index is 12.2. The van der Waals surface area contributed by atoms with Crippen LogP contribution in [-0.4, -0.2) is 38.9 Å². The van der Waals surface area contributed by atoms with E-state index >= 15 is 0 Å². The smallest absolute Gasteiger partial charge is 0.301 e. The minimum atomic E-state index is -3.63. The standard InChI is InChI=1S/C11H13ClN4O2S/c12-10-2-1-9(8-13)7-11(10)15-19(17,18)16-5-3-14-4-6-16/h1-2,7,14-15H,3-6H2. The first-order valence-electron chi connectivity index (χ1n) is 5.71. The van der Waals surface area contributed by atoms with Crippen molar-refractivity contribution in [2.24, 2.45) is 0 Å². The Morgan fingerprint density at radius 1 is 1.37 bits per heavy atom. The number of hydrogen-bond acceptors (Lipinski definition) is 4. The van der Waals surface area contributed by atoms with Gasteiger partial charge in [-0.25, -0.2) is 0 Å². The second-order valence-electron chi connectivity index (χ2n) is 4.06. The molecule has 6 nitrogen and oxygen atoms in total. The minimum Gasteiger partial charge on any atom is -0.314 e. The van der Waals surface area contributed by atoms with Gasteiger partial charge in [0.15, 0.2) is 0 Å². The highest BCUT2D eigenvalue weighted by Gasteiger charge is 2.24. The lowest BCUT2D eigenvalue weighted by Crippen LogP contribution is -2.48. The molecular weight excluding hydrogens is 288 g/mol. The van der Waals surface area contributed by atoms with Crippen LogP contribution in [0.3, 0.4) is 0 Å². The molecule has 19 heavy (non-hydrogen) atoms. The average molecular weight is 301 g/mol. The molecule has 1 aliphatic rings. The highest BCUT2D eigenvalue weighted by atomic mass is 35.5. The van der Waals surface area contributed by atoms with Crippen LogP contribution in [0.1, 0.15) is 5.56 Å². The van der Waals surface area contributed by atoms with Gasteiger partial charge in [0, 0.05) is 26.2 Å². The van der Waals surface area contributed by atoms with Gasteiger partial charge in [0.1, 0.15) is 0 Å². The van der Waals surface area contributed by atoms with E-state index in [1.165, 1.54) is 22.5 Å². The Morgan fingerprint density at radius 2 is 2.05 bits per heavy atom. The number of hydrogen-bond donors (Lipinski definition) is 2. The van der Waals surface area contributed by atoms with Crippen molar-refractivity contribution in [2.75, 3.05) is 30.9 Å². The average Bonchev–Trinajstić information content (AvgIpc) is 2.42. The lowest BCUT2D eigenvalue weighted by Gasteiger charge is -2.27. The lowest BCUT2D eigenvalue weighted by atomic mass is 10.2. The van der Waals surface area contributed by atoms with Crippen LogP contribution in [0.25, 0.3) is 0 Å². The third kappa shape index (κ3) is 3.36. The summed E-state index contributed by atoms with van der Waals surface area (Å²) in [5, 5.41) is 12.2. The summed E-state index contributed by atoms with van der Waals surface area (Å²) < 4.78 is 28.1. The number of nitrogens with zero attached hydrogens (tertiary/aromatic N) is 2. The van der Waals surface area contributed by atoms with Gasteiger partial charge in [-0.05, 0) is 18.2 Å². The van der Waals surface area contributed by atoms with E-state index in [-0.39, 0.29) is 10.7 Å². The lowest BCUT2D eigenvalue weighted by molar-refractivity contribution is 0.362. The fourth-order valence-electron chi connectivity index (χ4n) is 1.76. The molecule has 0 radical (unpaired) electrons. The molecule has 1 fully saturated rings. The molecule has 0 atom stereocenters. The molecule has 0 amide bonds. The molecule has 2 N–H and O–H groups in total. The highest BCUT2D eigenvalue weighted by molar-refractivity contribution is 7.90. The summed E-state index contributed by atoms with van der Waals surface area (Å²) in [6, 6.07) is 6.39. The van der Waals surface area contributed by atoms with Gasteiger partial charge < -0.3 is 5.32 Å². The van der Waals surface area contributed by atoms with E-state index in [2.05, 4.69) is 10.0 Å². The molecule has 0 saturated carbocycles. The first kappa shape index (κ1) is 14.1. The topological polar surface area (TPSA) is 85.2 Å². The van der Waals surface area contributed by atoms with Crippen molar-refractivity contribution in [3.8, 4) is 6.07 Å². The normalized spacial score (nSPS) is 16.8. The first-order chi connectivity index (χ1) is 9.03. The molecule has 0 spiro atoms. The molecule has 1 saturated heterocycles. The third-order valence-electron chi connectivity index (χ3n) is 2.75. The number of piperazine rings is 1. The fourth-order valence-corrected chi connectivity index (χ4v) is 3.22. The number of rotatable bonds is 3. The quantitative estimate of drug-likeness (QED) is 0.863. The number of anilines is 1. The zero-order valence-electron chi connectivity index (χ0n) is 10.1. The van der Waals surface area contributed by atoms with Crippen LogP contribution in [0.15, 0.2) is 18.2 Å². The summed E-state index contributed by atoms with van der Waals surface area (Å²) >= 11 is 5.93. The van der Waals surface area contributed by atoms with E-state index in [0.29, 0.717) is 31.7 Å². The van der Waals surface area contributed by atoms with Crippen LogP contribution in [0, 0.1) is 11.3 Å². The molecule has 2 rings (SSSR count). The molecule has 0 bridgehead atoms. The van der Waals surface area contributed by atoms with Crippen LogP contribution in [0.2, 0.25) is 5.02 Å². The van der Waals surface area contributed by atoms with Crippen molar-refractivity contribution in [3.63, 3.8) is 0 Å². The second-order valence-corrected chi connectivity index (χ2v) is 6.14. The number of nitrogens with one attached hydrogen (secondary N) is 2. The van der Waals surface area contributed by atoms with E-state index < -0.39 is 10.2 Å². The molecule has 102 valence electrons. The van der Waals surface area contributed by atoms with Gasteiger partial charge in [-0.15, -0.1) is 0 Å². The Morgan fingerprint density at radius 3 is 2.68 bits per heavy atom. The number of nitriles is 1. The third-order valence-corrected chi connectivity index (χ3v) is 4.60. The molecule has 8 heteroatoms. The van der Waals surface area contributed by atoms with Gasteiger partial charge in [0.2, 0.25) is 0 Å². The molecule has 1 aromatic rings. The van der Waals surface area contributed by atoms with Crippen LogP contribution >= 0.6 is 11.6 Å². The molecule has 1 aliphatic heterocycles. The van der Waals surface area contributed by atoms with Crippen LogP contribution in [0.4, 0.5) is 5.69 Å². The predicted octanol–water partition coefficient (Wildman–Crippen LogP) is 0.774. The largest absolute Gasteiger partial charge is 0.314 e. The van der Waals surface area contributed by atoms with Crippen LogP contribution < -0.4 is 10.0 Å². The molecular formula is C11H13ClN4O2S. The van der Waals surface area contributed by atoms with Crippen molar-refractivity contribution in [3.05, 3.63) is 28.8 Å². The summed E-state index contributed by atoms with van der Waals surface area (Å²) in [5.74, 6) is 0. The fraction of sp³-hybridized carbons (Fsp3) is 0.364. The maximum Gasteiger partial charge on any atom is 0.301 e. The van der Waals surface area contributed by atoms with Gasteiger partial charge in [0.25, 0.3) is 0 Å². The maximum absolute atomic E-state index is 12.2. The van der Waals surface area contributed by atoms with E-state index in [0.717, 1.165) is 0 Å². The van der Waals surface area contributed by atoms with Crippen molar-refractivity contribution >= 4 is 27.5 Å². The van der Waals surface area contributed by atoms with Gasteiger partial charge in [-0.3, -0.25) is 4.72 Å². The second kappa shape index (κ2) is 5.75. The Balaban J connectivity index is 2.22. The summed E-state index contributed by atoms with van der Waals surface area (Å²) in [6.45, 7) is 2.05. The molecule has 1 heterocycles. The van der Waals surface area contributed by atoms with Gasteiger partial charge >= 0.3 is 10.2 Å². The number of halogens is 1. The SMILES string of the molecule is N#Cc1ccc(Cl)c(NS(=O)(=O)N2CCNCC2)c1. The first-order valence-corrected chi connectivity index (χ1v) is 7.53. The van der Waals surface area contributed by atoms with Crippen molar-refractivity contribution in [1.29, 1.82) is 5.26 Å². The Bertz CT molecular complexity index is 606. The van der Waals surface area contributed by atoms with E-state index in [1.807, 2.05) is 6.07 Å². The monoisotopic (exact) mass is 300 g/mol. The zero-order chi connectivity index (χ0) is 13.9. The Kier molecular flexibility index (Phi) is 4.27. The van der Waals surface area contributed by atoms with E-state index in [9.17, 15) is 8.42 Å². The summed E-state index contributed by atoms with van der Waals surface area (Å²) in [6.07, 6.45) is 0. The summed E-state index contributed by atoms with van der Waals surface area (Å²) in [4.78, 5) is 0. The van der Waals surface area contributed by atoms with Crippen LogP contribution in [0.5, 0.6) is 0 Å². The minimum absolute atomic E-state index is 0.222. The van der Waals surface area contributed by atoms with Crippen molar-refractivity contribution < 1.29 is 8.42 Å². The van der Waals surface area contributed by atoms with E-state index in [1.54, 1.807) is 0 Å². The van der Waals surface area contributed by atoms with E-state index in [4.69, 9.17) is 16.9 Å². The summed E-state index contributed by atoms with van der Waals surface area (Å²) in [7, 11) is -3.63. The van der Waals surface area contributed by atoms with Gasteiger partial charge in [0.05, 0.1) is 22.3 Å². The van der Waals surface area contributed by atoms with Gasteiger partial charge in [-0.2, -0.15) is 18.0 Å². The zero-order valence-corrected chi connectivity index (χ0v) is 11.6. The Labute approximate surface area is 117 Å². The van der Waals surface area contributed by atoms with Crippen molar-refractivity contribution in [1.82, 2.24) is 9.62 Å². The molecule has 1 aromatic carbocycles. The Hall–Kier alpha value is -1.33. The van der Waals surface area contributed by atoms with Gasteiger partial charge in [-0.1, -0.05) is 11.6 Å². The highest BCUT2D eigenvalue weighted by Crippen LogP contribution is 2.24. The predicted molar refractivity (Wildman–Crippen MR) is 73.2 cm³/mol. The molecule has 0 unspecified atom stereocenters. The van der Waals surface area contributed by atoms with Crippen molar-refractivity contribution in [2.45, 2.75) is 0 Å². The molecule has 0 aromatic heterocycles. The van der Waals surface area contributed by atoms with Crippen LogP contribution in [-0.2, 0) is 10.2 Å². The summed E-state index contributed by atoms with van der Waals surface area (Å²) in [5.41, 5.74) is 0.571. The number of benzene rings is 1. The molecule has 0 aliphatic carbocycles.